The van der Waals surface area contributed by atoms with Crippen LogP contribution in [-0.2, 0) is 14.8 Å². The summed E-state index contributed by atoms with van der Waals surface area (Å²) in [6, 6.07) is 15.8. The van der Waals surface area contributed by atoms with Crippen molar-refractivity contribution in [1.82, 2.24) is 9.62 Å². The highest BCUT2D eigenvalue weighted by Crippen LogP contribution is 2.30. The number of nitrogens with one attached hydrogen (secondary N) is 1. The van der Waals surface area contributed by atoms with E-state index in [1.165, 1.54) is 4.31 Å². The highest BCUT2D eigenvalue weighted by atomic mass is 32.2. The number of sulfonamides is 1. The zero-order valence-corrected chi connectivity index (χ0v) is 16.8. The van der Waals surface area contributed by atoms with Gasteiger partial charge in [0.25, 0.3) is 0 Å². The monoisotopic (exact) mass is 416 g/mol. The Labute approximate surface area is 170 Å². The molecule has 2 aliphatic rings. The standard InChI is InChI=1S/C21H24N2O5S/c24-21(22-13-17-15-27-19-10-4-5-11-20(19)28-17)16-7-6-12-23(14-16)29(25,26)18-8-2-1-3-9-18/h1-5,8-11,16-17H,6-7,12-15H2,(H,22,24)/t16-,17-/m0/s1. The van der Waals surface area contributed by atoms with Crippen LogP contribution in [0.5, 0.6) is 11.5 Å². The van der Waals surface area contributed by atoms with Gasteiger partial charge < -0.3 is 14.8 Å². The van der Waals surface area contributed by atoms with Gasteiger partial charge in [0.1, 0.15) is 12.7 Å². The number of hydrogen-bond donors (Lipinski definition) is 1. The molecule has 2 aromatic rings. The van der Waals surface area contributed by atoms with Gasteiger partial charge in [-0.05, 0) is 37.1 Å². The molecule has 0 spiro atoms. The third kappa shape index (κ3) is 4.38. The number of nitrogens with zero attached hydrogens (tertiary/aromatic N) is 1. The number of amides is 1. The zero-order chi connectivity index (χ0) is 20.3. The number of carbonyl (C=O) groups is 1. The van der Waals surface area contributed by atoms with Gasteiger partial charge in [0.05, 0.1) is 17.4 Å². The molecule has 2 aromatic carbocycles. The van der Waals surface area contributed by atoms with E-state index in [4.69, 9.17) is 9.47 Å². The van der Waals surface area contributed by atoms with Gasteiger partial charge in [-0.3, -0.25) is 4.79 Å². The summed E-state index contributed by atoms with van der Waals surface area (Å²) in [4.78, 5) is 12.9. The van der Waals surface area contributed by atoms with Crippen LogP contribution in [0.4, 0.5) is 0 Å². The summed E-state index contributed by atoms with van der Waals surface area (Å²) >= 11 is 0. The topological polar surface area (TPSA) is 84.9 Å². The Kier molecular flexibility index (Phi) is 5.73. The summed E-state index contributed by atoms with van der Waals surface area (Å²) in [6.07, 6.45) is 1.04. The lowest BCUT2D eigenvalue weighted by Crippen LogP contribution is -2.48. The summed E-state index contributed by atoms with van der Waals surface area (Å²) in [7, 11) is -3.59. The summed E-state index contributed by atoms with van der Waals surface area (Å²) in [5.41, 5.74) is 0. The molecule has 0 saturated carbocycles. The lowest BCUT2D eigenvalue weighted by molar-refractivity contribution is -0.126. The average molecular weight is 416 g/mol. The van der Waals surface area contributed by atoms with Crippen LogP contribution in [-0.4, -0.2) is 51.0 Å². The third-order valence-electron chi connectivity index (χ3n) is 5.21. The summed E-state index contributed by atoms with van der Waals surface area (Å²) < 4.78 is 38.6. The van der Waals surface area contributed by atoms with Crippen molar-refractivity contribution < 1.29 is 22.7 Å². The van der Waals surface area contributed by atoms with Gasteiger partial charge in [-0.15, -0.1) is 0 Å². The molecule has 7 nitrogen and oxygen atoms in total. The van der Waals surface area contributed by atoms with E-state index in [1.807, 2.05) is 24.3 Å². The second kappa shape index (κ2) is 8.42. The van der Waals surface area contributed by atoms with Crippen LogP contribution in [0.25, 0.3) is 0 Å². The summed E-state index contributed by atoms with van der Waals surface area (Å²) in [5, 5.41) is 2.90. The van der Waals surface area contributed by atoms with Crippen molar-refractivity contribution in [2.24, 2.45) is 5.92 Å². The maximum atomic E-state index is 12.8. The van der Waals surface area contributed by atoms with Crippen molar-refractivity contribution in [3.8, 4) is 11.5 Å². The zero-order valence-electron chi connectivity index (χ0n) is 16.0. The predicted octanol–water partition coefficient (Wildman–Crippen LogP) is 2.04. The highest BCUT2D eigenvalue weighted by molar-refractivity contribution is 7.89. The van der Waals surface area contributed by atoms with Gasteiger partial charge in [-0.1, -0.05) is 30.3 Å². The second-order valence-electron chi connectivity index (χ2n) is 7.26. The van der Waals surface area contributed by atoms with Crippen molar-refractivity contribution in [1.29, 1.82) is 0 Å². The molecule has 1 fully saturated rings. The Balaban J connectivity index is 1.34. The molecule has 0 aromatic heterocycles. The predicted molar refractivity (Wildman–Crippen MR) is 107 cm³/mol. The maximum Gasteiger partial charge on any atom is 0.243 e. The van der Waals surface area contributed by atoms with Gasteiger partial charge in [-0.25, -0.2) is 8.42 Å². The van der Waals surface area contributed by atoms with Crippen molar-refractivity contribution in [2.45, 2.75) is 23.8 Å². The van der Waals surface area contributed by atoms with E-state index in [9.17, 15) is 13.2 Å². The van der Waals surface area contributed by atoms with Gasteiger partial charge in [-0.2, -0.15) is 4.31 Å². The molecular weight excluding hydrogens is 392 g/mol. The van der Waals surface area contributed by atoms with Crippen LogP contribution < -0.4 is 14.8 Å². The molecule has 154 valence electrons. The lowest BCUT2D eigenvalue weighted by atomic mass is 9.99. The Bertz CT molecular complexity index is 964. The average Bonchev–Trinajstić information content (AvgIpc) is 2.78. The minimum atomic E-state index is -3.59. The fourth-order valence-electron chi connectivity index (χ4n) is 3.64. The Morgan fingerprint density at radius 1 is 1.07 bits per heavy atom. The molecule has 0 aliphatic carbocycles. The summed E-state index contributed by atoms with van der Waals surface area (Å²) in [6.45, 7) is 1.29. The molecule has 0 unspecified atom stereocenters. The van der Waals surface area contributed by atoms with Crippen molar-refractivity contribution >= 4 is 15.9 Å². The number of rotatable bonds is 5. The second-order valence-corrected chi connectivity index (χ2v) is 9.20. The molecule has 8 heteroatoms. The first-order valence-electron chi connectivity index (χ1n) is 9.75. The molecule has 2 heterocycles. The van der Waals surface area contributed by atoms with Crippen LogP contribution in [0.15, 0.2) is 59.5 Å². The fourth-order valence-corrected chi connectivity index (χ4v) is 5.18. The minimum Gasteiger partial charge on any atom is -0.486 e. The molecule has 4 rings (SSSR count). The number of fused-ring (bicyclic) bond motifs is 1. The first-order chi connectivity index (χ1) is 14.0. The van der Waals surface area contributed by atoms with E-state index < -0.39 is 10.0 Å². The SMILES string of the molecule is O=C(NC[C@H]1COc2ccccc2O1)[C@H]1CCCN(S(=O)(=O)c2ccccc2)C1. The molecule has 29 heavy (non-hydrogen) atoms. The number of hydrogen-bond acceptors (Lipinski definition) is 5. The van der Waals surface area contributed by atoms with Gasteiger partial charge in [0.2, 0.25) is 15.9 Å². The quantitative estimate of drug-likeness (QED) is 0.806. The molecule has 1 N–H and O–H groups in total. The van der Waals surface area contributed by atoms with Gasteiger partial charge in [0.15, 0.2) is 11.5 Å². The highest BCUT2D eigenvalue weighted by Gasteiger charge is 2.33. The van der Waals surface area contributed by atoms with Crippen molar-refractivity contribution in [3.05, 3.63) is 54.6 Å². The Morgan fingerprint density at radius 3 is 2.59 bits per heavy atom. The molecule has 0 bridgehead atoms. The van der Waals surface area contributed by atoms with Crippen molar-refractivity contribution in [3.63, 3.8) is 0 Å². The maximum absolute atomic E-state index is 12.8. The van der Waals surface area contributed by atoms with E-state index in [0.717, 1.165) is 0 Å². The smallest absolute Gasteiger partial charge is 0.243 e. The Morgan fingerprint density at radius 2 is 1.79 bits per heavy atom. The number of carbonyl (C=O) groups excluding carboxylic acids is 1. The van der Waals surface area contributed by atoms with E-state index in [0.29, 0.717) is 44.0 Å². The molecule has 1 amide bonds. The molecule has 0 radical (unpaired) electrons. The fraction of sp³-hybridized carbons (Fsp3) is 0.381. The summed E-state index contributed by atoms with van der Waals surface area (Å²) in [5.74, 6) is 0.833. The Hall–Kier alpha value is -2.58. The van der Waals surface area contributed by atoms with Crippen LogP contribution >= 0.6 is 0 Å². The van der Waals surface area contributed by atoms with E-state index in [1.54, 1.807) is 30.3 Å². The number of para-hydroxylation sites is 2. The molecular formula is C21H24N2O5S. The van der Waals surface area contributed by atoms with Crippen LogP contribution in [0.2, 0.25) is 0 Å². The normalized spacial score (nSPS) is 22.1. The number of piperidine rings is 1. The minimum absolute atomic E-state index is 0.152. The van der Waals surface area contributed by atoms with E-state index >= 15 is 0 Å². The third-order valence-corrected chi connectivity index (χ3v) is 7.09. The van der Waals surface area contributed by atoms with E-state index in [-0.39, 0.29) is 29.4 Å². The van der Waals surface area contributed by atoms with Gasteiger partial charge in [0, 0.05) is 13.1 Å². The van der Waals surface area contributed by atoms with Crippen LogP contribution in [0, 0.1) is 5.92 Å². The first-order valence-corrected chi connectivity index (χ1v) is 11.2. The molecule has 2 atom stereocenters. The molecule has 2 aliphatic heterocycles. The van der Waals surface area contributed by atoms with Crippen LogP contribution in [0.3, 0.4) is 0 Å². The number of ether oxygens (including phenoxy) is 2. The lowest BCUT2D eigenvalue weighted by Gasteiger charge is -2.32. The largest absolute Gasteiger partial charge is 0.486 e. The number of benzene rings is 2. The van der Waals surface area contributed by atoms with E-state index in [2.05, 4.69) is 5.32 Å². The van der Waals surface area contributed by atoms with Crippen LogP contribution in [0.1, 0.15) is 12.8 Å². The first kappa shape index (κ1) is 19.7. The van der Waals surface area contributed by atoms with Gasteiger partial charge >= 0.3 is 0 Å². The molecule has 1 saturated heterocycles. The van der Waals surface area contributed by atoms with Crippen molar-refractivity contribution in [2.75, 3.05) is 26.2 Å².